The van der Waals surface area contributed by atoms with Crippen molar-refractivity contribution in [3.8, 4) is 5.75 Å². The van der Waals surface area contributed by atoms with Gasteiger partial charge in [-0.3, -0.25) is 33.9 Å². The molecule has 1 unspecified atom stereocenters. The molecule has 2 aromatic heterocycles. The van der Waals surface area contributed by atoms with Gasteiger partial charge >= 0.3 is 11.9 Å². The van der Waals surface area contributed by atoms with E-state index in [0.717, 1.165) is 16.7 Å². The van der Waals surface area contributed by atoms with Crippen molar-refractivity contribution in [3.63, 3.8) is 0 Å². The Balaban J connectivity index is 1.41. The smallest absolute Gasteiger partial charge is 0.352 e. The second-order valence-electron chi connectivity index (χ2n) is 9.48. The highest BCUT2D eigenvalue weighted by Gasteiger charge is 2.54. The minimum atomic E-state index is -1.49. The molecule has 3 atom stereocenters. The van der Waals surface area contributed by atoms with Crippen LogP contribution >= 0.6 is 23.4 Å². The highest BCUT2D eigenvalue weighted by molar-refractivity contribution is 8.00. The Morgan fingerprint density at radius 1 is 1.26 bits per heavy atom. The molecule has 3 aromatic rings. The van der Waals surface area contributed by atoms with Gasteiger partial charge in [0.2, 0.25) is 11.3 Å². The second kappa shape index (κ2) is 11.8. The molecular formula is C27H22ClN5O9S. The maximum Gasteiger partial charge on any atom is 0.352 e. The molecule has 4 heterocycles. The summed E-state index contributed by atoms with van der Waals surface area (Å²) in [6, 6.07) is 4.33. The summed E-state index contributed by atoms with van der Waals surface area (Å²) in [7, 11) is 0. The van der Waals surface area contributed by atoms with E-state index in [-0.39, 0.29) is 51.0 Å². The van der Waals surface area contributed by atoms with E-state index in [0.29, 0.717) is 5.52 Å². The fraction of sp³-hybridized carbons (Fsp3) is 0.222. The Labute approximate surface area is 251 Å². The van der Waals surface area contributed by atoms with Gasteiger partial charge < -0.3 is 30.6 Å². The van der Waals surface area contributed by atoms with E-state index >= 15 is 0 Å². The highest BCUT2D eigenvalue weighted by atomic mass is 35.5. The number of aliphatic carboxylic acids is 1. The number of fused-ring (bicyclic) bond motifs is 2. The molecule has 5 N–H and O–H groups in total. The van der Waals surface area contributed by atoms with E-state index in [4.69, 9.17) is 16.3 Å². The number of carbonyl (C=O) groups excluding carboxylic acids is 4. The quantitative estimate of drug-likeness (QED) is 0.176. The van der Waals surface area contributed by atoms with Crippen LogP contribution in [0.1, 0.15) is 28.9 Å². The van der Waals surface area contributed by atoms with Crippen LogP contribution in [-0.2, 0) is 23.9 Å². The lowest BCUT2D eigenvalue weighted by atomic mass is 10.0. The zero-order valence-corrected chi connectivity index (χ0v) is 23.7. The number of phenols is 1. The summed E-state index contributed by atoms with van der Waals surface area (Å²) >= 11 is 7.21. The molecule has 0 bridgehead atoms. The Morgan fingerprint density at radius 2 is 2.02 bits per heavy atom. The summed E-state index contributed by atoms with van der Waals surface area (Å²) in [5.74, 6) is -4.71. The first-order valence-electron chi connectivity index (χ1n) is 12.6. The van der Waals surface area contributed by atoms with Crippen molar-refractivity contribution < 1.29 is 38.9 Å². The summed E-state index contributed by atoms with van der Waals surface area (Å²) in [5, 5.41) is 23.8. The summed E-state index contributed by atoms with van der Waals surface area (Å²) in [4.78, 5) is 83.9. The molecule has 2 aliphatic heterocycles. The molecule has 43 heavy (non-hydrogen) atoms. The normalized spacial score (nSPS) is 18.4. The van der Waals surface area contributed by atoms with Gasteiger partial charge in [-0.15, -0.1) is 11.8 Å². The maximum absolute atomic E-state index is 13.6. The number of phenolic OH excluding ortho intramolecular Hbond substituents is 1. The Morgan fingerprint density at radius 3 is 2.72 bits per heavy atom. The van der Waals surface area contributed by atoms with Crippen LogP contribution in [0, 0.1) is 0 Å². The first-order chi connectivity index (χ1) is 20.5. The van der Waals surface area contributed by atoms with Crippen LogP contribution in [0.3, 0.4) is 0 Å². The minimum absolute atomic E-state index is 0.00803. The molecule has 1 aromatic carbocycles. The molecule has 1 saturated heterocycles. The van der Waals surface area contributed by atoms with Crippen molar-refractivity contribution in [2.45, 2.75) is 24.4 Å². The maximum atomic E-state index is 13.6. The van der Waals surface area contributed by atoms with E-state index in [2.05, 4.69) is 20.6 Å². The fourth-order valence-electron chi connectivity index (χ4n) is 4.65. The zero-order valence-electron chi connectivity index (χ0n) is 22.1. The van der Waals surface area contributed by atoms with Crippen LogP contribution < -0.4 is 16.1 Å². The molecule has 16 heteroatoms. The number of rotatable bonds is 8. The number of aromatic nitrogens is 2. The SMILES string of the molecule is CC(=O)OCC1=C(C(=O)O)N2C(=O)[C@@H](NC(=O)C(NC(=O)c3c[nH]c4cccnc4c3=O)c3ccc(O)c(Cl)c3)[C@H]2SC1. The average molecular weight is 628 g/mol. The number of aromatic hydroxyl groups is 1. The first kappa shape index (κ1) is 29.6. The number of pyridine rings is 2. The lowest BCUT2D eigenvalue weighted by Gasteiger charge is -2.49. The lowest BCUT2D eigenvalue weighted by molar-refractivity contribution is -0.151. The van der Waals surface area contributed by atoms with E-state index in [1.54, 1.807) is 12.1 Å². The van der Waals surface area contributed by atoms with Gasteiger partial charge in [-0.1, -0.05) is 17.7 Å². The molecule has 0 spiro atoms. The lowest BCUT2D eigenvalue weighted by Crippen LogP contribution is -2.71. The number of aromatic amines is 1. The van der Waals surface area contributed by atoms with E-state index in [1.807, 2.05) is 0 Å². The molecule has 2 aliphatic rings. The number of thioether (sulfide) groups is 1. The average Bonchev–Trinajstić information content (AvgIpc) is 2.98. The topological polar surface area (TPSA) is 208 Å². The summed E-state index contributed by atoms with van der Waals surface area (Å²) < 4.78 is 4.92. The number of β-lactam (4-membered cyclic amide) rings is 1. The van der Waals surface area contributed by atoms with Crippen molar-refractivity contribution in [2.75, 3.05) is 12.4 Å². The van der Waals surface area contributed by atoms with Gasteiger partial charge in [-0.2, -0.15) is 0 Å². The molecule has 0 radical (unpaired) electrons. The summed E-state index contributed by atoms with van der Waals surface area (Å²) in [6.07, 6.45) is 2.57. The number of nitrogens with one attached hydrogen (secondary N) is 3. The van der Waals surface area contributed by atoms with Crippen LogP contribution in [-0.4, -0.2) is 78.5 Å². The number of halogens is 1. The number of hydrogen-bond donors (Lipinski definition) is 5. The predicted octanol–water partition coefficient (Wildman–Crippen LogP) is 1.05. The van der Waals surface area contributed by atoms with Crippen LogP contribution in [0.2, 0.25) is 5.02 Å². The highest BCUT2D eigenvalue weighted by Crippen LogP contribution is 2.40. The number of nitrogens with zero attached hydrogens (tertiary/aromatic N) is 2. The number of esters is 1. The van der Waals surface area contributed by atoms with Crippen molar-refractivity contribution in [1.82, 2.24) is 25.5 Å². The molecule has 5 rings (SSSR count). The number of hydrogen-bond acceptors (Lipinski definition) is 10. The van der Waals surface area contributed by atoms with Crippen LogP contribution in [0.25, 0.3) is 11.0 Å². The molecule has 0 saturated carbocycles. The van der Waals surface area contributed by atoms with E-state index in [1.165, 1.54) is 37.5 Å². The summed E-state index contributed by atoms with van der Waals surface area (Å²) in [5.41, 5.74) is -0.601. The van der Waals surface area contributed by atoms with Gasteiger partial charge in [0.15, 0.2) is 0 Å². The van der Waals surface area contributed by atoms with Crippen LogP contribution in [0.15, 0.2) is 58.8 Å². The van der Waals surface area contributed by atoms with Gasteiger partial charge in [0, 0.05) is 30.6 Å². The van der Waals surface area contributed by atoms with Crippen LogP contribution in [0.4, 0.5) is 0 Å². The monoisotopic (exact) mass is 627 g/mol. The van der Waals surface area contributed by atoms with Gasteiger partial charge in [-0.05, 0) is 29.8 Å². The van der Waals surface area contributed by atoms with Crippen molar-refractivity contribution in [3.05, 3.63) is 80.4 Å². The van der Waals surface area contributed by atoms with E-state index in [9.17, 15) is 39.0 Å². The Bertz CT molecular complexity index is 1790. The molecule has 14 nitrogen and oxygen atoms in total. The number of carboxylic acid groups (broad SMARTS) is 1. The van der Waals surface area contributed by atoms with Crippen molar-refractivity contribution >= 4 is 64.1 Å². The molecule has 0 aliphatic carbocycles. The summed E-state index contributed by atoms with van der Waals surface area (Å²) in [6.45, 7) is 0.861. The number of benzene rings is 1. The van der Waals surface area contributed by atoms with Gasteiger partial charge in [-0.25, -0.2) is 4.79 Å². The van der Waals surface area contributed by atoms with Crippen molar-refractivity contribution in [1.29, 1.82) is 0 Å². The number of carboxylic acids is 1. The largest absolute Gasteiger partial charge is 0.506 e. The van der Waals surface area contributed by atoms with Gasteiger partial charge in [0.25, 0.3) is 11.8 Å². The standard InChI is InChI=1S/C27H22ClN5O9S/c1-11(34)42-9-13-10-43-26-20(25(39)33(26)21(13)27(40)41)32-24(38)18(12-4-5-17(35)15(28)7-12)31-23(37)14-8-30-16-3-2-6-29-19(16)22(14)36/h2-8,18,20,26,35H,9-10H2,1H3,(H,30,36)(H,31,37)(H,32,38)(H,40,41)/t18?,20-,26-/m1/s1. The van der Waals surface area contributed by atoms with Crippen molar-refractivity contribution in [2.24, 2.45) is 0 Å². The zero-order chi connectivity index (χ0) is 31.0. The third-order valence-corrected chi connectivity index (χ3v) is 8.37. The first-order valence-corrected chi connectivity index (χ1v) is 14.0. The molecular weight excluding hydrogens is 606 g/mol. The molecule has 222 valence electrons. The number of amides is 3. The fourth-order valence-corrected chi connectivity index (χ4v) is 6.16. The van der Waals surface area contributed by atoms with Crippen LogP contribution in [0.5, 0.6) is 5.75 Å². The Kier molecular flexibility index (Phi) is 8.10. The van der Waals surface area contributed by atoms with E-state index < -0.39 is 52.5 Å². The number of carbonyl (C=O) groups is 5. The second-order valence-corrected chi connectivity index (χ2v) is 11.0. The molecule has 1 fully saturated rings. The van der Waals surface area contributed by atoms with Gasteiger partial charge in [0.05, 0.1) is 10.5 Å². The third kappa shape index (κ3) is 5.63. The number of ether oxygens (including phenoxy) is 1. The molecule has 3 amide bonds. The van der Waals surface area contributed by atoms with Gasteiger partial charge in [0.1, 0.15) is 46.6 Å². The predicted molar refractivity (Wildman–Crippen MR) is 152 cm³/mol. The third-order valence-electron chi connectivity index (χ3n) is 6.72. The minimum Gasteiger partial charge on any atom is -0.506 e. The number of H-pyrrole nitrogens is 1. The Hall–Kier alpha value is -4.89.